The molecule has 0 aliphatic carbocycles. The van der Waals surface area contributed by atoms with Crippen LogP contribution in [-0.4, -0.2) is 43.1 Å². The molecule has 0 amide bonds. The highest BCUT2D eigenvalue weighted by atomic mass is 19.1. The van der Waals surface area contributed by atoms with Crippen molar-refractivity contribution in [3.63, 3.8) is 0 Å². The van der Waals surface area contributed by atoms with Crippen molar-refractivity contribution in [3.8, 4) is 0 Å². The number of aromatic nitrogens is 1. The minimum atomic E-state index is -0.194. The van der Waals surface area contributed by atoms with Crippen LogP contribution in [-0.2, 0) is 0 Å². The van der Waals surface area contributed by atoms with Gasteiger partial charge in [0, 0.05) is 32.4 Å². The Morgan fingerprint density at radius 1 is 1.24 bits per heavy atom. The molecule has 0 radical (unpaired) electrons. The number of halogens is 1. The van der Waals surface area contributed by atoms with Crippen molar-refractivity contribution in [2.45, 2.75) is 19.8 Å². The van der Waals surface area contributed by atoms with Gasteiger partial charge in [-0.3, -0.25) is 0 Å². The number of rotatable bonds is 2. The Hall–Kier alpha value is -1.16. The van der Waals surface area contributed by atoms with Crippen LogP contribution in [0.25, 0.3) is 0 Å². The smallest absolute Gasteiger partial charge is 0.165 e. The Morgan fingerprint density at radius 3 is 2.41 bits per heavy atom. The second kappa shape index (κ2) is 5.00. The number of hydrogen-bond donors (Lipinski definition) is 0. The minimum Gasteiger partial charge on any atom is -0.352 e. The zero-order valence-electron chi connectivity index (χ0n) is 10.8. The van der Waals surface area contributed by atoms with Crippen molar-refractivity contribution in [2.75, 3.05) is 38.1 Å². The van der Waals surface area contributed by atoms with Crippen LogP contribution in [0.5, 0.6) is 0 Å². The summed E-state index contributed by atoms with van der Waals surface area (Å²) in [4.78, 5) is 8.55. The van der Waals surface area contributed by atoms with E-state index in [1.54, 1.807) is 12.3 Å². The standard InChI is InChI=1S/C13H20FN3/c1-10(2)11-8-12(14)13(15-9-11)17-6-4-16(3)5-7-17/h8-10H,4-7H2,1-3H3. The lowest BCUT2D eigenvalue weighted by atomic mass is 10.1. The second-order valence-corrected chi connectivity index (χ2v) is 5.02. The van der Waals surface area contributed by atoms with Crippen molar-refractivity contribution in [1.29, 1.82) is 0 Å². The summed E-state index contributed by atoms with van der Waals surface area (Å²) in [7, 11) is 2.09. The van der Waals surface area contributed by atoms with Crippen LogP contribution in [0, 0.1) is 5.82 Å². The fraction of sp³-hybridized carbons (Fsp3) is 0.615. The highest BCUT2D eigenvalue weighted by molar-refractivity contribution is 5.42. The number of piperazine rings is 1. The molecule has 1 fully saturated rings. The number of likely N-dealkylation sites (N-methyl/N-ethyl adjacent to an activating group) is 1. The first-order chi connectivity index (χ1) is 8.08. The van der Waals surface area contributed by atoms with Gasteiger partial charge >= 0.3 is 0 Å². The first kappa shape index (κ1) is 12.3. The van der Waals surface area contributed by atoms with Crippen molar-refractivity contribution >= 4 is 5.82 Å². The normalized spacial score (nSPS) is 17.8. The molecule has 1 aromatic heterocycles. The van der Waals surface area contributed by atoms with Gasteiger partial charge in [0.25, 0.3) is 0 Å². The molecule has 0 unspecified atom stereocenters. The van der Waals surface area contributed by atoms with Crippen LogP contribution in [0.3, 0.4) is 0 Å². The number of anilines is 1. The maximum absolute atomic E-state index is 14.0. The zero-order valence-corrected chi connectivity index (χ0v) is 10.8. The summed E-state index contributed by atoms with van der Waals surface area (Å²) in [6, 6.07) is 1.62. The van der Waals surface area contributed by atoms with Gasteiger partial charge in [-0.1, -0.05) is 13.8 Å². The molecule has 1 aromatic rings. The molecule has 94 valence electrons. The molecule has 0 atom stereocenters. The summed E-state index contributed by atoms with van der Waals surface area (Å²) in [6.07, 6.45) is 1.79. The van der Waals surface area contributed by atoms with E-state index in [9.17, 15) is 4.39 Å². The van der Waals surface area contributed by atoms with Gasteiger partial charge in [0.15, 0.2) is 11.6 Å². The highest BCUT2D eigenvalue weighted by Gasteiger charge is 2.18. The molecule has 2 rings (SSSR count). The first-order valence-corrected chi connectivity index (χ1v) is 6.17. The molecule has 0 spiro atoms. The van der Waals surface area contributed by atoms with Crippen LogP contribution in [0.15, 0.2) is 12.3 Å². The number of nitrogens with zero attached hydrogens (tertiary/aromatic N) is 3. The average Bonchev–Trinajstić information content (AvgIpc) is 2.30. The second-order valence-electron chi connectivity index (χ2n) is 5.02. The van der Waals surface area contributed by atoms with Crippen molar-refractivity contribution < 1.29 is 4.39 Å². The third kappa shape index (κ3) is 2.75. The fourth-order valence-electron chi connectivity index (χ4n) is 2.01. The van der Waals surface area contributed by atoms with Gasteiger partial charge in [0.1, 0.15) is 0 Å². The molecule has 3 nitrogen and oxygen atoms in total. The maximum atomic E-state index is 14.0. The summed E-state index contributed by atoms with van der Waals surface area (Å²) >= 11 is 0. The molecule has 1 aliphatic rings. The predicted octanol–water partition coefficient (Wildman–Crippen LogP) is 2.10. The van der Waals surface area contributed by atoms with Crippen LogP contribution in [0.1, 0.15) is 25.3 Å². The Balaban J connectivity index is 2.16. The Bertz CT molecular complexity index is 384. The van der Waals surface area contributed by atoms with E-state index in [4.69, 9.17) is 0 Å². The lowest BCUT2D eigenvalue weighted by Crippen LogP contribution is -2.45. The van der Waals surface area contributed by atoms with Crippen molar-refractivity contribution in [1.82, 2.24) is 9.88 Å². The quantitative estimate of drug-likeness (QED) is 0.785. The van der Waals surface area contributed by atoms with Gasteiger partial charge in [-0.25, -0.2) is 9.37 Å². The molecular formula is C13H20FN3. The molecular weight excluding hydrogens is 217 g/mol. The molecule has 4 heteroatoms. The lowest BCUT2D eigenvalue weighted by molar-refractivity contribution is 0.310. The van der Waals surface area contributed by atoms with E-state index in [-0.39, 0.29) is 5.82 Å². The molecule has 0 saturated carbocycles. The van der Waals surface area contributed by atoms with Crippen molar-refractivity contribution in [2.24, 2.45) is 0 Å². The van der Waals surface area contributed by atoms with Crippen LogP contribution < -0.4 is 4.90 Å². The summed E-state index contributed by atoms with van der Waals surface area (Å²) in [5.74, 6) is 0.627. The van der Waals surface area contributed by atoms with E-state index in [1.807, 2.05) is 18.7 Å². The molecule has 2 heterocycles. The monoisotopic (exact) mass is 237 g/mol. The van der Waals surface area contributed by atoms with Gasteiger partial charge in [0.05, 0.1) is 0 Å². The predicted molar refractivity (Wildman–Crippen MR) is 68.0 cm³/mol. The molecule has 0 aromatic carbocycles. The zero-order chi connectivity index (χ0) is 12.4. The molecule has 1 aliphatic heterocycles. The Morgan fingerprint density at radius 2 is 1.88 bits per heavy atom. The average molecular weight is 237 g/mol. The van der Waals surface area contributed by atoms with E-state index >= 15 is 0 Å². The van der Waals surface area contributed by atoms with E-state index < -0.39 is 0 Å². The van der Waals surface area contributed by atoms with E-state index in [0.717, 1.165) is 31.7 Å². The van der Waals surface area contributed by atoms with E-state index in [1.165, 1.54) is 0 Å². The van der Waals surface area contributed by atoms with Crippen LogP contribution >= 0.6 is 0 Å². The van der Waals surface area contributed by atoms with Gasteiger partial charge < -0.3 is 9.80 Å². The maximum Gasteiger partial charge on any atom is 0.165 e. The third-order valence-electron chi connectivity index (χ3n) is 3.31. The topological polar surface area (TPSA) is 19.4 Å². The summed E-state index contributed by atoms with van der Waals surface area (Å²) in [5.41, 5.74) is 0.959. The largest absolute Gasteiger partial charge is 0.352 e. The van der Waals surface area contributed by atoms with Gasteiger partial charge in [0.2, 0.25) is 0 Å². The Labute approximate surface area is 102 Å². The van der Waals surface area contributed by atoms with Gasteiger partial charge in [-0.05, 0) is 24.6 Å². The van der Waals surface area contributed by atoms with Gasteiger partial charge in [-0.2, -0.15) is 0 Å². The summed E-state index contributed by atoms with van der Waals surface area (Å²) in [5, 5.41) is 0. The van der Waals surface area contributed by atoms with Crippen LogP contribution in [0.4, 0.5) is 10.2 Å². The minimum absolute atomic E-state index is 0.194. The molecule has 0 N–H and O–H groups in total. The SMILES string of the molecule is CC(C)c1cnc(N2CCN(C)CC2)c(F)c1. The third-order valence-corrected chi connectivity index (χ3v) is 3.31. The van der Waals surface area contributed by atoms with E-state index in [0.29, 0.717) is 11.7 Å². The molecule has 0 bridgehead atoms. The van der Waals surface area contributed by atoms with Crippen LogP contribution in [0.2, 0.25) is 0 Å². The summed E-state index contributed by atoms with van der Waals surface area (Å²) in [6.45, 7) is 7.72. The fourth-order valence-corrected chi connectivity index (χ4v) is 2.01. The molecule has 17 heavy (non-hydrogen) atoms. The lowest BCUT2D eigenvalue weighted by Gasteiger charge is -2.33. The highest BCUT2D eigenvalue weighted by Crippen LogP contribution is 2.22. The van der Waals surface area contributed by atoms with Gasteiger partial charge in [-0.15, -0.1) is 0 Å². The summed E-state index contributed by atoms with van der Waals surface area (Å²) < 4.78 is 14.0. The number of hydrogen-bond acceptors (Lipinski definition) is 3. The Kier molecular flexibility index (Phi) is 3.62. The van der Waals surface area contributed by atoms with E-state index in [2.05, 4.69) is 16.9 Å². The first-order valence-electron chi connectivity index (χ1n) is 6.17. The van der Waals surface area contributed by atoms with Crippen molar-refractivity contribution in [3.05, 3.63) is 23.6 Å². The molecule has 1 saturated heterocycles. The number of pyridine rings is 1.